The number of carbonyl (C=O) groups excluding carboxylic acids is 1. The number of hydrogen-bond acceptors (Lipinski definition) is 3. The highest BCUT2D eigenvalue weighted by atomic mass is 35.5. The van der Waals surface area contributed by atoms with Gasteiger partial charge in [0.2, 0.25) is 0 Å². The predicted octanol–water partition coefficient (Wildman–Crippen LogP) is 5.36. The first-order valence-electron chi connectivity index (χ1n) is 12.2. The normalized spacial score (nSPS) is 18.9. The van der Waals surface area contributed by atoms with Crippen molar-refractivity contribution < 1.29 is 4.79 Å². The predicted molar refractivity (Wildman–Crippen MR) is 132 cm³/mol. The molecule has 1 saturated carbocycles. The summed E-state index contributed by atoms with van der Waals surface area (Å²) in [5.74, 6) is 0.883. The summed E-state index contributed by atoms with van der Waals surface area (Å²) in [5, 5.41) is 3.69. The molecule has 2 aromatic carbocycles. The molecule has 0 spiro atoms. The van der Waals surface area contributed by atoms with E-state index < -0.39 is 0 Å². The van der Waals surface area contributed by atoms with Gasteiger partial charge in [0.1, 0.15) is 0 Å². The monoisotopic (exact) mass is 453 g/mol. The molecule has 0 bridgehead atoms. The molecule has 1 amide bonds. The molecule has 0 radical (unpaired) electrons. The van der Waals surface area contributed by atoms with Gasteiger partial charge in [-0.25, -0.2) is 0 Å². The van der Waals surface area contributed by atoms with Gasteiger partial charge in [-0.05, 0) is 73.7 Å². The van der Waals surface area contributed by atoms with Gasteiger partial charge in [0.05, 0.1) is 0 Å². The van der Waals surface area contributed by atoms with Crippen LogP contribution >= 0.6 is 11.6 Å². The van der Waals surface area contributed by atoms with Crippen LogP contribution in [-0.2, 0) is 13.1 Å². The van der Waals surface area contributed by atoms with Crippen molar-refractivity contribution in [2.75, 3.05) is 32.7 Å². The topological polar surface area (TPSA) is 35.6 Å². The van der Waals surface area contributed by atoms with E-state index in [2.05, 4.69) is 27.2 Å². The zero-order valence-electron chi connectivity index (χ0n) is 19.1. The number of nitrogens with one attached hydrogen (secondary N) is 1. The lowest BCUT2D eigenvalue weighted by molar-refractivity contribution is 0.0951. The molecule has 32 heavy (non-hydrogen) atoms. The number of benzene rings is 2. The van der Waals surface area contributed by atoms with Crippen LogP contribution < -0.4 is 5.32 Å². The van der Waals surface area contributed by atoms with E-state index in [1.165, 1.54) is 63.7 Å². The molecule has 172 valence electrons. The molecule has 1 saturated heterocycles. The Morgan fingerprint density at radius 1 is 0.812 bits per heavy atom. The van der Waals surface area contributed by atoms with E-state index in [1.54, 1.807) is 0 Å². The molecule has 1 aliphatic carbocycles. The van der Waals surface area contributed by atoms with Crippen LogP contribution in [0.1, 0.15) is 60.0 Å². The Hall–Kier alpha value is -1.88. The van der Waals surface area contributed by atoms with Crippen molar-refractivity contribution in [2.45, 2.75) is 51.6 Å². The highest BCUT2D eigenvalue weighted by Crippen LogP contribution is 2.25. The molecular weight excluding hydrogens is 418 g/mol. The third kappa shape index (κ3) is 7.06. The number of rotatable bonds is 7. The third-order valence-corrected chi connectivity index (χ3v) is 7.16. The summed E-state index contributed by atoms with van der Waals surface area (Å²) < 4.78 is 0. The van der Waals surface area contributed by atoms with Gasteiger partial charge in [-0.15, -0.1) is 0 Å². The van der Waals surface area contributed by atoms with E-state index in [4.69, 9.17) is 11.6 Å². The minimum atomic E-state index is -0.0420. The van der Waals surface area contributed by atoms with Crippen LogP contribution in [0, 0.1) is 5.92 Å². The van der Waals surface area contributed by atoms with Crippen molar-refractivity contribution >= 4 is 17.5 Å². The van der Waals surface area contributed by atoms with Gasteiger partial charge in [-0.3, -0.25) is 9.69 Å². The molecule has 0 aromatic heterocycles. The van der Waals surface area contributed by atoms with Gasteiger partial charge in [0, 0.05) is 43.3 Å². The fourth-order valence-electron chi connectivity index (χ4n) is 5.01. The van der Waals surface area contributed by atoms with Crippen molar-refractivity contribution in [3.8, 4) is 0 Å². The summed E-state index contributed by atoms with van der Waals surface area (Å²) >= 11 is 5.92. The number of nitrogens with zero attached hydrogens (tertiary/aromatic N) is 2. The summed E-state index contributed by atoms with van der Waals surface area (Å²) in [6.07, 6.45) is 8.41. The highest BCUT2D eigenvalue weighted by molar-refractivity contribution is 6.30. The molecule has 2 aromatic rings. The Morgan fingerprint density at radius 3 is 2.22 bits per heavy atom. The third-order valence-electron chi connectivity index (χ3n) is 6.91. The van der Waals surface area contributed by atoms with Gasteiger partial charge in [-0.2, -0.15) is 0 Å². The Morgan fingerprint density at radius 2 is 1.47 bits per heavy atom. The Balaban J connectivity index is 1.22. The number of halogens is 1. The number of carbonyl (C=O) groups is 1. The summed E-state index contributed by atoms with van der Waals surface area (Å²) in [6, 6.07) is 15.6. The molecule has 5 heteroatoms. The number of hydrogen-bond donors (Lipinski definition) is 1. The largest absolute Gasteiger partial charge is 0.348 e. The molecule has 1 heterocycles. The average molecular weight is 454 g/mol. The van der Waals surface area contributed by atoms with E-state index in [0.29, 0.717) is 17.1 Å². The second kappa shape index (κ2) is 11.8. The molecule has 4 nitrogen and oxygen atoms in total. The summed E-state index contributed by atoms with van der Waals surface area (Å²) in [7, 11) is 0. The standard InChI is InChI=1S/C27H36ClN3O/c28-26-13-9-22(10-14-26)19-29-27(32)25-11-7-24(8-12-25)21-31-16-4-15-30(17-18-31)20-23-5-2-1-3-6-23/h7-14,23H,1-6,15-21H2,(H,29,32). The van der Waals surface area contributed by atoms with Crippen LogP contribution in [-0.4, -0.2) is 48.4 Å². The molecule has 0 atom stereocenters. The van der Waals surface area contributed by atoms with E-state index in [-0.39, 0.29) is 5.91 Å². The van der Waals surface area contributed by atoms with Crippen LogP contribution in [0.25, 0.3) is 0 Å². The van der Waals surface area contributed by atoms with Gasteiger partial charge in [0.15, 0.2) is 0 Å². The van der Waals surface area contributed by atoms with Gasteiger partial charge >= 0.3 is 0 Å². The smallest absolute Gasteiger partial charge is 0.251 e. The quantitative estimate of drug-likeness (QED) is 0.613. The van der Waals surface area contributed by atoms with E-state index >= 15 is 0 Å². The summed E-state index contributed by atoms with van der Waals surface area (Å²) in [5.41, 5.74) is 3.02. The minimum absolute atomic E-state index is 0.0420. The van der Waals surface area contributed by atoms with E-state index in [0.717, 1.165) is 31.1 Å². The lowest BCUT2D eigenvalue weighted by atomic mass is 9.89. The van der Waals surface area contributed by atoms with Crippen molar-refractivity contribution in [1.29, 1.82) is 0 Å². The second-order valence-corrected chi connectivity index (χ2v) is 9.88. The van der Waals surface area contributed by atoms with Crippen molar-refractivity contribution in [1.82, 2.24) is 15.1 Å². The Kier molecular flexibility index (Phi) is 8.61. The van der Waals surface area contributed by atoms with Crippen LogP contribution in [0.3, 0.4) is 0 Å². The highest BCUT2D eigenvalue weighted by Gasteiger charge is 2.20. The van der Waals surface area contributed by atoms with E-state index in [1.807, 2.05) is 36.4 Å². The fraction of sp³-hybridized carbons (Fsp3) is 0.519. The van der Waals surface area contributed by atoms with Crippen molar-refractivity contribution in [2.24, 2.45) is 5.92 Å². The van der Waals surface area contributed by atoms with Crippen molar-refractivity contribution in [3.63, 3.8) is 0 Å². The van der Waals surface area contributed by atoms with Gasteiger partial charge in [-0.1, -0.05) is 55.1 Å². The summed E-state index contributed by atoms with van der Waals surface area (Å²) in [6.45, 7) is 7.47. The molecule has 1 N–H and O–H groups in total. The minimum Gasteiger partial charge on any atom is -0.348 e. The fourth-order valence-corrected chi connectivity index (χ4v) is 5.13. The molecule has 4 rings (SSSR count). The first-order chi connectivity index (χ1) is 15.7. The summed E-state index contributed by atoms with van der Waals surface area (Å²) in [4.78, 5) is 17.7. The zero-order chi connectivity index (χ0) is 22.2. The van der Waals surface area contributed by atoms with Crippen LogP contribution in [0.5, 0.6) is 0 Å². The average Bonchev–Trinajstić information content (AvgIpc) is 3.04. The van der Waals surface area contributed by atoms with Crippen LogP contribution in [0.2, 0.25) is 5.02 Å². The second-order valence-electron chi connectivity index (χ2n) is 9.44. The molecule has 2 fully saturated rings. The SMILES string of the molecule is O=C(NCc1ccc(Cl)cc1)c1ccc(CN2CCCN(CC3CCCCC3)CC2)cc1. The maximum Gasteiger partial charge on any atom is 0.251 e. The van der Waals surface area contributed by atoms with Gasteiger partial charge in [0.25, 0.3) is 5.91 Å². The number of amides is 1. The Bertz CT molecular complexity index is 846. The molecular formula is C27H36ClN3O. The zero-order valence-corrected chi connectivity index (χ0v) is 19.8. The van der Waals surface area contributed by atoms with Crippen LogP contribution in [0.15, 0.2) is 48.5 Å². The first-order valence-corrected chi connectivity index (χ1v) is 12.6. The van der Waals surface area contributed by atoms with Crippen molar-refractivity contribution in [3.05, 3.63) is 70.2 Å². The maximum absolute atomic E-state index is 12.5. The van der Waals surface area contributed by atoms with Crippen LogP contribution in [0.4, 0.5) is 0 Å². The molecule has 1 aliphatic heterocycles. The lowest BCUT2D eigenvalue weighted by Gasteiger charge is -2.29. The van der Waals surface area contributed by atoms with E-state index in [9.17, 15) is 4.79 Å². The Labute approximate surface area is 197 Å². The molecule has 0 unspecified atom stereocenters. The molecule has 2 aliphatic rings. The first kappa shape index (κ1) is 23.3. The lowest BCUT2D eigenvalue weighted by Crippen LogP contribution is -2.34. The maximum atomic E-state index is 12.5. The van der Waals surface area contributed by atoms with Gasteiger partial charge < -0.3 is 10.2 Å².